The predicted octanol–water partition coefficient (Wildman–Crippen LogP) is 5.17. The smallest absolute Gasteiger partial charge is 0.416 e. The molecular weight excluding hydrogens is 555 g/mol. The summed E-state index contributed by atoms with van der Waals surface area (Å²) in [6.07, 6.45) is -4.85. The first kappa shape index (κ1) is 28.9. The number of fused-ring (bicyclic) bond motifs is 1. The third-order valence-corrected chi connectivity index (χ3v) is 9.14. The molecule has 0 radical (unpaired) electrons. The standard InChI is InChI=1S/C29H32F3N5O3S/c1-21(40-25-7-5-4-6-8-25)28-33-26-14-13-24(35-15-17-36(18-16-35)41(38,39)34(2)3)19-27(26)37(28)20-22-9-11-23(12-10-22)29(30,31)32/h4-14,19,21H,15-18,20H2,1-3H3. The van der Waals surface area contributed by atoms with Gasteiger partial charge in [-0.05, 0) is 55.0 Å². The first-order valence-electron chi connectivity index (χ1n) is 13.2. The van der Waals surface area contributed by atoms with Crippen molar-refractivity contribution < 1.29 is 26.3 Å². The minimum atomic E-state index is -4.41. The van der Waals surface area contributed by atoms with Crippen LogP contribution in [0.3, 0.4) is 0 Å². The van der Waals surface area contributed by atoms with Crippen molar-refractivity contribution in [2.45, 2.75) is 25.7 Å². The Balaban J connectivity index is 1.47. The molecule has 0 saturated carbocycles. The van der Waals surface area contributed by atoms with Crippen molar-refractivity contribution in [1.82, 2.24) is 18.2 Å². The summed E-state index contributed by atoms with van der Waals surface area (Å²) in [7, 11) is -0.442. The van der Waals surface area contributed by atoms with Gasteiger partial charge in [0.2, 0.25) is 0 Å². The van der Waals surface area contributed by atoms with Crippen molar-refractivity contribution in [3.63, 3.8) is 0 Å². The molecule has 2 heterocycles. The molecule has 0 bridgehead atoms. The summed E-state index contributed by atoms with van der Waals surface area (Å²) in [6, 6.07) is 20.4. The van der Waals surface area contributed by atoms with Crippen molar-refractivity contribution in [2.24, 2.45) is 0 Å². The highest BCUT2D eigenvalue weighted by Gasteiger charge is 2.31. The van der Waals surface area contributed by atoms with Crippen LogP contribution in [-0.2, 0) is 22.9 Å². The number of hydrogen-bond acceptors (Lipinski definition) is 5. The Labute approximate surface area is 237 Å². The van der Waals surface area contributed by atoms with Crippen LogP contribution >= 0.6 is 0 Å². The Morgan fingerprint density at radius 3 is 2.22 bits per heavy atom. The topological polar surface area (TPSA) is 70.9 Å². The van der Waals surface area contributed by atoms with Crippen LogP contribution < -0.4 is 9.64 Å². The van der Waals surface area contributed by atoms with Gasteiger partial charge < -0.3 is 14.2 Å². The molecule has 0 aliphatic carbocycles. The lowest BCUT2D eigenvalue weighted by Crippen LogP contribution is -2.51. The Morgan fingerprint density at radius 1 is 0.951 bits per heavy atom. The molecule has 8 nitrogen and oxygen atoms in total. The van der Waals surface area contributed by atoms with Crippen molar-refractivity contribution >= 4 is 26.9 Å². The molecule has 0 spiro atoms. The van der Waals surface area contributed by atoms with E-state index in [9.17, 15) is 21.6 Å². The van der Waals surface area contributed by atoms with Crippen LogP contribution in [0.15, 0.2) is 72.8 Å². The number of piperazine rings is 1. The number of benzene rings is 3. The number of aromatic nitrogens is 2. The van der Waals surface area contributed by atoms with Crippen molar-refractivity contribution in [3.8, 4) is 5.75 Å². The minimum absolute atomic E-state index is 0.296. The molecule has 1 aromatic heterocycles. The molecule has 1 unspecified atom stereocenters. The summed E-state index contributed by atoms with van der Waals surface area (Å²) in [5.74, 6) is 1.32. The molecule has 1 saturated heterocycles. The molecule has 5 rings (SSSR count). The van der Waals surface area contributed by atoms with Gasteiger partial charge in [-0.3, -0.25) is 0 Å². The Bertz CT molecular complexity index is 1600. The van der Waals surface area contributed by atoms with Crippen LogP contribution in [0.4, 0.5) is 18.9 Å². The number of alkyl halides is 3. The zero-order valence-electron chi connectivity index (χ0n) is 23.0. The van der Waals surface area contributed by atoms with Crippen LogP contribution in [-0.4, -0.2) is 66.9 Å². The molecule has 3 aromatic carbocycles. The number of hydrogen-bond donors (Lipinski definition) is 0. The summed E-state index contributed by atoms with van der Waals surface area (Å²) in [4.78, 5) is 6.98. The third kappa shape index (κ3) is 6.19. The van der Waals surface area contributed by atoms with Crippen molar-refractivity contribution in [3.05, 3.63) is 89.7 Å². The quantitative estimate of drug-likeness (QED) is 0.285. The van der Waals surface area contributed by atoms with Gasteiger partial charge in [0.25, 0.3) is 10.2 Å². The molecule has 0 amide bonds. The van der Waals surface area contributed by atoms with Gasteiger partial charge >= 0.3 is 6.18 Å². The third-order valence-electron chi connectivity index (χ3n) is 7.19. The predicted molar refractivity (Wildman–Crippen MR) is 152 cm³/mol. The van der Waals surface area contributed by atoms with Gasteiger partial charge in [-0.15, -0.1) is 0 Å². The van der Waals surface area contributed by atoms with Crippen LogP contribution in [0.1, 0.15) is 30.0 Å². The van der Waals surface area contributed by atoms with Crippen molar-refractivity contribution in [2.75, 3.05) is 45.2 Å². The minimum Gasteiger partial charge on any atom is -0.483 e. The van der Waals surface area contributed by atoms with E-state index >= 15 is 0 Å². The summed E-state index contributed by atoms with van der Waals surface area (Å²) in [5.41, 5.74) is 2.45. The van der Waals surface area contributed by atoms with Gasteiger partial charge in [-0.25, -0.2) is 4.98 Å². The molecule has 1 aliphatic rings. The van der Waals surface area contributed by atoms with E-state index in [-0.39, 0.29) is 0 Å². The number of anilines is 1. The van der Waals surface area contributed by atoms with Gasteiger partial charge in [0.15, 0.2) is 11.9 Å². The summed E-state index contributed by atoms with van der Waals surface area (Å²) < 4.78 is 75.4. The fourth-order valence-corrected chi connectivity index (χ4v) is 6.04. The Kier molecular flexibility index (Phi) is 8.00. The second-order valence-corrected chi connectivity index (χ2v) is 12.3. The Hall–Kier alpha value is -3.61. The SMILES string of the molecule is CC(Oc1ccccc1)c1nc2ccc(N3CCN(S(=O)(=O)N(C)C)CC3)cc2n1Cc1ccc(C(F)(F)F)cc1. The summed E-state index contributed by atoms with van der Waals surface area (Å²) >= 11 is 0. The largest absolute Gasteiger partial charge is 0.483 e. The van der Waals surface area contributed by atoms with Gasteiger partial charge in [-0.1, -0.05) is 30.3 Å². The molecule has 41 heavy (non-hydrogen) atoms. The maximum atomic E-state index is 13.2. The zero-order valence-corrected chi connectivity index (χ0v) is 23.9. The van der Waals surface area contributed by atoms with Gasteiger partial charge in [0.1, 0.15) is 5.75 Å². The second-order valence-electron chi connectivity index (χ2n) is 10.2. The van der Waals surface area contributed by atoms with E-state index in [0.717, 1.165) is 28.9 Å². The fourth-order valence-electron chi connectivity index (χ4n) is 4.95. The molecule has 1 aliphatic heterocycles. The van der Waals surface area contributed by atoms with E-state index in [1.807, 2.05) is 60.0 Å². The Morgan fingerprint density at radius 2 is 1.61 bits per heavy atom. The number of imidazole rings is 1. The first-order valence-corrected chi connectivity index (χ1v) is 14.6. The molecule has 0 N–H and O–H groups in total. The lowest BCUT2D eigenvalue weighted by molar-refractivity contribution is -0.137. The van der Waals surface area contributed by atoms with E-state index < -0.39 is 28.1 Å². The van der Waals surface area contributed by atoms with Gasteiger partial charge in [-0.2, -0.15) is 30.2 Å². The number of ether oxygens (including phenoxy) is 1. The first-order chi connectivity index (χ1) is 19.4. The second kappa shape index (κ2) is 11.3. The molecular formula is C29H32F3N5O3S. The van der Waals surface area contributed by atoms with Crippen LogP contribution in [0.2, 0.25) is 0 Å². The molecule has 1 atom stereocenters. The zero-order chi connectivity index (χ0) is 29.4. The van der Waals surface area contributed by atoms with E-state index in [2.05, 4.69) is 4.90 Å². The van der Waals surface area contributed by atoms with E-state index in [0.29, 0.717) is 49.9 Å². The number of rotatable bonds is 8. The summed E-state index contributed by atoms with van der Waals surface area (Å²) in [5, 5.41) is 0. The molecule has 4 aromatic rings. The highest BCUT2D eigenvalue weighted by atomic mass is 32.2. The maximum absolute atomic E-state index is 13.2. The molecule has 12 heteroatoms. The average Bonchev–Trinajstić information content (AvgIpc) is 3.31. The average molecular weight is 588 g/mol. The maximum Gasteiger partial charge on any atom is 0.416 e. The van der Waals surface area contributed by atoms with E-state index in [1.165, 1.54) is 34.8 Å². The van der Waals surface area contributed by atoms with Crippen LogP contribution in [0, 0.1) is 0 Å². The van der Waals surface area contributed by atoms with Crippen LogP contribution in [0.25, 0.3) is 11.0 Å². The van der Waals surface area contributed by atoms with Crippen molar-refractivity contribution in [1.29, 1.82) is 0 Å². The number of para-hydroxylation sites is 1. The highest BCUT2D eigenvalue weighted by molar-refractivity contribution is 7.86. The lowest BCUT2D eigenvalue weighted by atomic mass is 10.1. The molecule has 218 valence electrons. The number of nitrogens with zero attached hydrogens (tertiary/aromatic N) is 5. The monoisotopic (exact) mass is 587 g/mol. The van der Waals surface area contributed by atoms with E-state index in [4.69, 9.17) is 9.72 Å². The normalized spacial score (nSPS) is 15.9. The number of halogens is 3. The van der Waals surface area contributed by atoms with Gasteiger partial charge in [0, 0.05) is 52.5 Å². The summed E-state index contributed by atoms with van der Waals surface area (Å²) in [6.45, 7) is 3.94. The highest BCUT2D eigenvalue weighted by Crippen LogP contribution is 2.32. The van der Waals surface area contributed by atoms with Gasteiger partial charge in [0.05, 0.1) is 16.6 Å². The lowest BCUT2D eigenvalue weighted by Gasteiger charge is -2.36. The fraction of sp³-hybridized carbons (Fsp3) is 0.345. The van der Waals surface area contributed by atoms with E-state index in [1.54, 1.807) is 0 Å². The molecule has 1 fully saturated rings. The van der Waals surface area contributed by atoms with Crippen LogP contribution in [0.5, 0.6) is 5.75 Å².